The Morgan fingerprint density at radius 2 is 2.16 bits per heavy atom. The van der Waals surface area contributed by atoms with E-state index in [4.69, 9.17) is 22.3 Å². The van der Waals surface area contributed by atoms with Gasteiger partial charge in [0, 0.05) is 17.5 Å². The van der Waals surface area contributed by atoms with Crippen LogP contribution >= 0.6 is 11.6 Å². The van der Waals surface area contributed by atoms with Gasteiger partial charge >= 0.3 is 0 Å². The highest BCUT2D eigenvalue weighted by molar-refractivity contribution is 6.31. The lowest BCUT2D eigenvalue weighted by Gasteiger charge is -2.29. The minimum atomic E-state index is 0.445. The molecule has 102 valence electrons. The fourth-order valence-electron chi connectivity index (χ4n) is 3.14. The number of benzene rings is 1. The number of halogens is 1. The summed E-state index contributed by atoms with van der Waals surface area (Å²) in [5.41, 5.74) is 6.92. The zero-order valence-electron chi connectivity index (χ0n) is 11.0. The van der Waals surface area contributed by atoms with Gasteiger partial charge in [-0.1, -0.05) is 29.8 Å². The number of rotatable bonds is 3. The zero-order valence-corrected chi connectivity index (χ0v) is 11.7. The zero-order chi connectivity index (χ0) is 13.2. The summed E-state index contributed by atoms with van der Waals surface area (Å²) in [4.78, 5) is 4.82. The lowest BCUT2D eigenvalue weighted by Crippen LogP contribution is -2.41. The van der Waals surface area contributed by atoms with Crippen LogP contribution in [0.3, 0.4) is 0 Å². The minimum absolute atomic E-state index is 0.445. The SMILES string of the molecule is NCC1CCC2N=C(Cc3ccccc3Cl)NC2C1. The van der Waals surface area contributed by atoms with Crippen LogP contribution in [-0.4, -0.2) is 24.5 Å². The van der Waals surface area contributed by atoms with E-state index in [0.717, 1.165) is 42.2 Å². The maximum Gasteiger partial charge on any atom is 0.101 e. The molecule has 0 bridgehead atoms. The molecule has 0 saturated heterocycles. The van der Waals surface area contributed by atoms with Crippen molar-refractivity contribution < 1.29 is 0 Å². The third-order valence-corrected chi connectivity index (χ3v) is 4.61. The van der Waals surface area contributed by atoms with Crippen LogP contribution < -0.4 is 11.1 Å². The minimum Gasteiger partial charge on any atom is -0.369 e. The molecule has 1 aromatic rings. The lowest BCUT2D eigenvalue weighted by molar-refractivity contribution is 0.294. The Hall–Kier alpha value is -1.06. The second-order valence-electron chi connectivity index (χ2n) is 5.58. The van der Waals surface area contributed by atoms with E-state index in [-0.39, 0.29) is 0 Å². The van der Waals surface area contributed by atoms with Gasteiger partial charge in [0.2, 0.25) is 0 Å². The summed E-state index contributed by atoms with van der Waals surface area (Å²) in [7, 11) is 0. The highest BCUT2D eigenvalue weighted by atomic mass is 35.5. The summed E-state index contributed by atoms with van der Waals surface area (Å²) in [6, 6.07) is 8.91. The molecule has 4 heteroatoms. The number of hydrogen-bond acceptors (Lipinski definition) is 3. The molecule has 0 amide bonds. The van der Waals surface area contributed by atoms with Gasteiger partial charge in [0.15, 0.2) is 0 Å². The summed E-state index contributed by atoms with van der Waals surface area (Å²) >= 11 is 6.20. The third kappa shape index (κ3) is 2.77. The first-order chi connectivity index (χ1) is 9.26. The molecule has 1 aliphatic heterocycles. The highest BCUT2D eigenvalue weighted by Gasteiger charge is 2.34. The van der Waals surface area contributed by atoms with Gasteiger partial charge < -0.3 is 11.1 Å². The summed E-state index contributed by atoms with van der Waals surface area (Å²) < 4.78 is 0. The Kier molecular flexibility index (Phi) is 3.76. The molecule has 3 atom stereocenters. The van der Waals surface area contributed by atoms with Crippen LogP contribution in [0.5, 0.6) is 0 Å². The molecule has 0 aromatic heterocycles. The molecule has 0 spiro atoms. The van der Waals surface area contributed by atoms with E-state index in [1.165, 1.54) is 6.42 Å². The predicted octanol–water partition coefficient (Wildman–Crippen LogP) is 2.38. The quantitative estimate of drug-likeness (QED) is 0.891. The molecular weight excluding hydrogens is 258 g/mol. The Bertz CT molecular complexity index is 486. The lowest BCUT2D eigenvalue weighted by atomic mass is 9.83. The smallest absolute Gasteiger partial charge is 0.101 e. The number of fused-ring (bicyclic) bond motifs is 1. The molecule has 1 fully saturated rings. The molecule has 1 aliphatic carbocycles. The van der Waals surface area contributed by atoms with Crippen LogP contribution in [-0.2, 0) is 6.42 Å². The molecule has 0 radical (unpaired) electrons. The molecule has 3 nitrogen and oxygen atoms in total. The number of nitrogens with two attached hydrogens (primary N) is 1. The fraction of sp³-hybridized carbons (Fsp3) is 0.533. The Morgan fingerprint density at radius 1 is 1.32 bits per heavy atom. The maximum atomic E-state index is 6.20. The normalized spacial score (nSPS) is 29.6. The van der Waals surface area contributed by atoms with Gasteiger partial charge in [-0.2, -0.15) is 0 Å². The summed E-state index contributed by atoms with van der Waals surface area (Å²) in [5, 5.41) is 4.39. The van der Waals surface area contributed by atoms with E-state index in [1.807, 2.05) is 18.2 Å². The summed E-state index contributed by atoms with van der Waals surface area (Å²) in [5.74, 6) is 1.74. The van der Waals surface area contributed by atoms with E-state index in [2.05, 4.69) is 11.4 Å². The van der Waals surface area contributed by atoms with Crippen molar-refractivity contribution in [2.45, 2.75) is 37.8 Å². The molecule has 1 aromatic carbocycles. The second kappa shape index (κ2) is 5.51. The number of amidine groups is 1. The van der Waals surface area contributed by atoms with Gasteiger partial charge in [0.1, 0.15) is 5.84 Å². The van der Waals surface area contributed by atoms with E-state index >= 15 is 0 Å². The van der Waals surface area contributed by atoms with E-state index < -0.39 is 0 Å². The summed E-state index contributed by atoms with van der Waals surface area (Å²) in [6.07, 6.45) is 4.32. The van der Waals surface area contributed by atoms with Crippen molar-refractivity contribution in [3.05, 3.63) is 34.9 Å². The van der Waals surface area contributed by atoms with Crippen LogP contribution in [0.4, 0.5) is 0 Å². The van der Waals surface area contributed by atoms with Crippen LogP contribution in [0.25, 0.3) is 0 Å². The molecule has 1 saturated carbocycles. The first-order valence-electron chi connectivity index (χ1n) is 7.03. The van der Waals surface area contributed by atoms with Gasteiger partial charge in [0.05, 0.1) is 6.04 Å². The van der Waals surface area contributed by atoms with Crippen molar-refractivity contribution in [3.63, 3.8) is 0 Å². The van der Waals surface area contributed by atoms with Crippen molar-refractivity contribution in [2.75, 3.05) is 6.54 Å². The Morgan fingerprint density at radius 3 is 2.95 bits per heavy atom. The van der Waals surface area contributed by atoms with Gasteiger partial charge in [-0.15, -0.1) is 0 Å². The molecule has 19 heavy (non-hydrogen) atoms. The van der Waals surface area contributed by atoms with Gasteiger partial charge in [-0.05, 0) is 43.4 Å². The number of aliphatic imine (C=N–C) groups is 1. The first kappa shape index (κ1) is 12.9. The molecule has 1 heterocycles. The van der Waals surface area contributed by atoms with Crippen molar-refractivity contribution in [1.29, 1.82) is 0 Å². The number of hydrogen-bond donors (Lipinski definition) is 2. The van der Waals surface area contributed by atoms with E-state index in [9.17, 15) is 0 Å². The topological polar surface area (TPSA) is 50.4 Å². The summed E-state index contributed by atoms with van der Waals surface area (Å²) in [6.45, 7) is 0.796. The van der Waals surface area contributed by atoms with Gasteiger partial charge in [-0.25, -0.2) is 0 Å². The van der Waals surface area contributed by atoms with E-state index in [0.29, 0.717) is 18.0 Å². The Labute approximate surface area is 119 Å². The molecule has 3 rings (SSSR count). The standard InChI is InChI=1S/C15H20ClN3/c16-12-4-2-1-3-11(12)8-15-18-13-6-5-10(9-17)7-14(13)19-15/h1-4,10,13-14H,5-9,17H2,(H,18,19). The monoisotopic (exact) mass is 277 g/mol. The van der Waals surface area contributed by atoms with Crippen molar-refractivity contribution in [3.8, 4) is 0 Å². The highest BCUT2D eigenvalue weighted by Crippen LogP contribution is 2.29. The average Bonchev–Trinajstić information content (AvgIpc) is 2.82. The third-order valence-electron chi connectivity index (χ3n) is 4.25. The number of nitrogens with one attached hydrogen (secondary N) is 1. The molecule has 3 unspecified atom stereocenters. The van der Waals surface area contributed by atoms with Crippen molar-refractivity contribution in [2.24, 2.45) is 16.6 Å². The van der Waals surface area contributed by atoms with Gasteiger partial charge in [-0.3, -0.25) is 4.99 Å². The average molecular weight is 278 g/mol. The van der Waals surface area contributed by atoms with Crippen LogP contribution in [0.15, 0.2) is 29.3 Å². The van der Waals surface area contributed by atoms with Crippen LogP contribution in [0.1, 0.15) is 24.8 Å². The van der Waals surface area contributed by atoms with E-state index in [1.54, 1.807) is 0 Å². The first-order valence-corrected chi connectivity index (χ1v) is 7.40. The Balaban J connectivity index is 1.67. The van der Waals surface area contributed by atoms with Crippen molar-refractivity contribution in [1.82, 2.24) is 5.32 Å². The maximum absolute atomic E-state index is 6.20. The number of nitrogens with zero attached hydrogens (tertiary/aromatic N) is 1. The van der Waals surface area contributed by atoms with Crippen LogP contribution in [0, 0.1) is 5.92 Å². The van der Waals surface area contributed by atoms with Crippen molar-refractivity contribution >= 4 is 17.4 Å². The van der Waals surface area contributed by atoms with Crippen LogP contribution in [0.2, 0.25) is 5.02 Å². The molecular formula is C15H20ClN3. The largest absolute Gasteiger partial charge is 0.369 e. The molecule has 3 N–H and O–H groups in total. The predicted molar refractivity (Wildman–Crippen MR) is 79.7 cm³/mol. The molecule has 2 aliphatic rings. The fourth-order valence-corrected chi connectivity index (χ4v) is 3.34. The van der Waals surface area contributed by atoms with Gasteiger partial charge in [0.25, 0.3) is 0 Å². The second-order valence-corrected chi connectivity index (χ2v) is 5.98.